The largest absolute Gasteiger partial charge is 0.332 e. The zero-order valence-electron chi connectivity index (χ0n) is 14.7. The van der Waals surface area contributed by atoms with Gasteiger partial charge in [0, 0.05) is 11.0 Å². The number of aromatic nitrogens is 1. The highest BCUT2D eigenvalue weighted by atomic mass is 35.5. The molecular formula is C20H14ClF2N3OS. The van der Waals surface area contributed by atoms with Crippen LogP contribution < -0.4 is 10.2 Å². The van der Waals surface area contributed by atoms with Crippen LogP contribution in [0.2, 0.25) is 5.02 Å². The first-order chi connectivity index (χ1) is 13.4. The molecule has 0 radical (unpaired) electrons. The Morgan fingerprint density at radius 3 is 2.75 bits per heavy atom. The van der Waals surface area contributed by atoms with Crippen LogP contribution in [0.5, 0.6) is 0 Å². The molecule has 28 heavy (non-hydrogen) atoms. The van der Waals surface area contributed by atoms with Gasteiger partial charge in [0.2, 0.25) is 0 Å². The van der Waals surface area contributed by atoms with Gasteiger partial charge in [-0.2, -0.15) is 0 Å². The SMILES string of the molecule is Cc1cccc(Cl)c1N1C(=O)NCc2nc(Sc3ccc(F)cc3F)ccc21. The molecule has 0 spiro atoms. The number of carbonyl (C=O) groups excluding carboxylic acids is 1. The maximum Gasteiger partial charge on any atom is 0.326 e. The van der Waals surface area contributed by atoms with Gasteiger partial charge in [-0.05, 0) is 42.8 Å². The van der Waals surface area contributed by atoms with Crippen LogP contribution in [0.25, 0.3) is 0 Å². The van der Waals surface area contributed by atoms with E-state index in [0.29, 0.717) is 27.1 Å². The van der Waals surface area contributed by atoms with Gasteiger partial charge in [-0.3, -0.25) is 4.90 Å². The number of para-hydroxylation sites is 1. The lowest BCUT2D eigenvalue weighted by atomic mass is 10.1. The Kier molecular flexibility index (Phi) is 4.95. The van der Waals surface area contributed by atoms with Crippen LogP contribution in [0.1, 0.15) is 11.3 Å². The Labute approximate surface area is 169 Å². The third-order valence-electron chi connectivity index (χ3n) is 4.30. The van der Waals surface area contributed by atoms with E-state index < -0.39 is 11.6 Å². The van der Waals surface area contributed by atoms with E-state index in [2.05, 4.69) is 10.3 Å². The minimum absolute atomic E-state index is 0.245. The fourth-order valence-electron chi connectivity index (χ4n) is 3.01. The number of pyridine rings is 1. The van der Waals surface area contributed by atoms with Crippen molar-refractivity contribution in [1.82, 2.24) is 10.3 Å². The number of rotatable bonds is 3. The van der Waals surface area contributed by atoms with E-state index in [1.807, 2.05) is 19.1 Å². The summed E-state index contributed by atoms with van der Waals surface area (Å²) in [5.74, 6) is -1.28. The number of hydrogen-bond acceptors (Lipinski definition) is 3. The molecule has 1 N–H and O–H groups in total. The van der Waals surface area contributed by atoms with E-state index in [1.165, 1.54) is 17.0 Å². The van der Waals surface area contributed by atoms with Gasteiger partial charge in [0.15, 0.2) is 0 Å². The van der Waals surface area contributed by atoms with Gasteiger partial charge in [0.1, 0.15) is 16.7 Å². The van der Waals surface area contributed by atoms with E-state index in [0.717, 1.165) is 23.4 Å². The van der Waals surface area contributed by atoms with Crippen molar-refractivity contribution < 1.29 is 13.6 Å². The Morgan fingerprint density at radius 2 is 2.00 bits per heavy atom. The summed E-state index contributed by atoms with van der Waals surface area (Å²) in [4.78, 5) is 18.9. The molecule has 0 unspecified atom stereocenters. The molecule has 2 aromatic carbocycles. The maximum atomic E-state index is 13.9. The van der Waals surface area contributed by atoms with Gasteiger partial charge >= 0.3 is 6.03 Å². The second kappa shape index (κ2) is 7.41. The second-order valence-corrected chi connectivity index (χ2v) is 7.66. The first kappa shape index (κ1) is 18.7. The van der Waals surface area contributed by atoms with E-state index in [4.69, 9.17) is 11.6 Å². The van der Waals surface area contributed by atoms with Gasteiger partial charge in [-0.15, -0.1) is 0 Å². The first-order valence-corrected chi connectivity index (χ1v) is 9.59. The normalized spacial score (nSPS) is 13.3. The predicted octanol–water partition coefficient (Wildman–Crippen LogP) is 5.83. The topological polar surface area (TPSA) is 45.2 Å². The number of fused-ring (bicyclic) bond motifs is 1. The van der Waals surface area contributed by atoms with Crippen LogP contribution in [0.4, 0.5) is 25.0 Å². The summed E-state index contributed by atoms with van der Waals surface area (Å²) < 4.78 is 27.0. The van der Waals surface area contributed by atoms with E-state index in [9.17, 15) is 13.6 Å². The van der Waals surface area contributed by atoms with E-state index in [-0.39, 0.29) is 17.5 Å². The molecule has 0 atom stereocenters. The Bertz CT molecular complexity index is 1070. The minimum atomic E-state index is -0.647. The second-order valence-electron chi connectivity index (χ2n) is 6.19. The third kappa shape index (κ3) is 3.43. The fraction of sp³-hybridized carbons (Fsp3) is 0.100. The molecule has 1 aromatic heterocycles. The molecule has 1 aliphatic rings. The summed E-state index contributed by atoms with van der Waals surface area (Å²) in [5.41, 5.74) is 2.69. The van der Waals surface area contributed by atoms with Crippen molar-refractivity contribution in [2.75, 3.05) is 4.90 Å². The number of amides is 2. The monoisotopic (exact) mass is 417 g/mol. The van der Waals surface area contributed by atoms with Crippen LogP contribution in [0, 0.1) is 18.6 Å². The number of anilines is 2. The zero-order chi connectivity index (χ0) is 19.8. The van der Waals surface area contributed by atoms with Crippen LogP contribution >= 0.6 is 23.4 Å². The standard InChI is InChI=1S/C20H14ClF2N3OS/c1-11-3-2-4-13(21)19(11)26-16-6-8-18(25-15(16)10-24-20(26)27)28-17-7-5-12(22)9-14(17)23/h2-9H,10H2,1H3,(H,24,27). The van der Waals surface area contributed by atoms with Crippen molar-refractivity contribution in [2.24, 2.45) is 0 Å². The smallest absolute Gasteiger partial charge is 0.326 e. The third-order valence-corrected chi connectivity index (χ3v) is 5.59. The zero-order valence-corrected chi connectivity index (χ0v) is 16.2. The molecule has 0 fully saturated rings. The van der Waals surface area contributed by atoms with Crippen molar-refractivity contribution >= 4 is 40.8 Å². The van der Waals surface area contributed by atoms with Crippen molar-refractivity contribution in [2.45, 2.75) is 23.4 Å². The van der Waals surface area contributed by atoms with Crippen LogP contribution in [0.15, 0.2) is 58.5 Å². The van der Waals surface area contributed by atoms with Gasteiger partial charge in [0.05, 0.1) is 28.6 Å². The Morgan fingerprint density at radius 1 is 1.18 bits per heavy atom. The van der Waals surface area contributed by atoms with Crippen LogP contribution in [0.3, 0.4) is 0 Å². The lowest BCUT2D eigenvalue weighted by Crippen LogP contribution is -2.42. The summed E-state index contributed by atoms with van der Waals surface area (Å²) in [6.07, 6.45) is 0. The molecule has 8 heteroatoms. The number of hydrogen-bond donors (Lipinski definition) is 1. The molecule has 0 bridgehead atoms. The van der Waals surface area contributed by atoms with Crippen LogP contribution in [-0.4, -0.2) is 11.0 Å². The van der Waals surface area contributed by atoms with E-state index >= 15 is 0 Å². The van der Waals surface area contributed by atoms with Crippen molar-refractivity contribution in [1.29, 1.82) is 0 Å². The summed E-state index contributed by atoms with van der Waals surface area (Å²) in [6, 6.07) is 12.0. The molecule has 2 heterocycles. The summed E-state index contributed by atoms with van der Waals surface area (Å²) in [6.45, 7) is 2.12. The van der Waals surface area contributed by atoms with Crippen molar-refractivity contribution in [3.05, 3.63) is 76.4 Å². The summed E-state index contributed by atoms with van der Waals surface area (Å²) >= 11 is 7.43. The molecule has 4 rings (SSSR count). The first-order valence-electron chi connectivity index (χ1n) is 8.40. The number of nitrogens with one attached hydrogen (secondary N) is 1. The molecule has 0 saturated carbocycles. The quantitative estimate of drug-likeness (QED) is 0.582. The van der Waals surface area contributed by atoms with Crippen molar-refractivity contribution in [3.63, 3.8) is 0 Å². The molecule has 3 aromatic rings. The molecule has 4 nitrogen and oxygen atoms in total. The minimum Gasteiger partial charge on any atom is -0.332 e. The summed E-state index contributed by atoms with van der Waals surface area (Å²) in [7, 11) is 0. The van der Waals surface area contributed by atoms with Gasteiger partial charge < -0.3 is 5.32 Å². The number of carbonyl (C=O) groups is 1. The number of nitrogens with zero attached hydrogens (tertiary/aromatic N) is 2. The molecular weight excluding hydrogens is 404 g/mol. The van der Waals surface area contributed by atoms with Crippen molar-refractivity contribution in [3.8, 4) is 0 Å². The number of urea groups is 1. The molecule has 0 aliphatic carbocycles. The van der Waals surface area contributed by atoms with Gasteiger partial charge in [-0.25, -0.2) is 18.6 Å². The molecule has 1 aliphatic heterocycles. The lowest BCUT2D eigenvalue weighted by Gasteiger charge is -2.31. The average molecular weight is 418 g/mol. The average Bonchev–Trinajstić information content (AvgIpc) is 2.65. The number of halogens is 3. The Balaban J connectivity index is 1.72. The Hall–Kier alpha value is -2.64. The maximum absolute atomic E-state index is 13.9. The van der Waals surface area contributed by atoms with Gasteiger partial charge in [0.25, 0.3) is 0 Å². The highest BCUT2D eigenvalue weighted by molar-refractivity contribution is 7.99. The highest BCUT2D eigenvalue weighted by Gasteiger charge is 2.29. The summed E-state index contributed by atoms with van der Waals surface area (Å²) in [5, 5.41) is 3.78. The fourth-order valence-corrected chi connectivity index (χ4v) is 4.13. The molecule has 142 valence electrons. The number of benzene rings is 2. The molecule has 2 amide bonds. The van der Waals surface area contributed by atoms with Crippen LogP contribution in [-0.2, 0) is 6.54 Å². The predicted molar refractivity (Wildman–Crippen MR) is 105 cm³/mol. The number of aryl methyl sites for hydroxylation is 1. The van der Waals surface area contributed by atoms with E-state index in [1.54, 1.807) is 18.2 Å². The van der Waals surface area contributed by atoms with Gasteiger partial charge in [-0.1, -0.05) is 35.5 Å². The lowest BCUT2D eigenvalue weighted by molar-refractivity contribution is 0.246. The molecule has 0 saturated heterocycles. The highest BCUT2D eigenvalue weighted by Crippen LogP contribution is 2.39.